The Hall–Kier alpha value is -2.82. The summed E-state index contributed by atoms with van der Waals surface area (Å²) in [5, 5.41) is 2.96. The van der Waals surface area contributed by atoms with Crippen molar-refractivity contribution in [3.63, 3.8) is 0 Å². The Balaban J connectivity index is 1.61. The Labute approximate surface area is 133 Å². The number of oxazole rings is 1. The minimum Gasteiger partial charge on any atom is -0.441 e. The van der Waals surface area contributed by atoms with Crippen molar-refractivity contribution in [2.75, 3.05) is 10.2 Å². The van der Waals surface area contributed by atoms with Gasteiger partial charge in [0, 0.05) is 24.3 Å². The van der Waals surface area contributed by atoms with Gasteiger partial charge in [0.15, 0.2) is 11.5 Å². The highest BCUT2D eigenvalue weighted by molar-refractivity contribution is 6.04. The first-order valence-electron chi connectivity index (χ1n) is 7.67. The molecular weight excluding hydrogens is 290 g/mol. The second-order valence-corrected chi connectivity index (χ2v) is 5.90. The number of urea groups is 1. The first kappa shape index (κ1) is 13.8. The number of fused-ring (bicyclic) bond motifs is 2. The zero-order valence-electron chi connectivity index (χ0n) is 13.0. The van der Waals surface area contributed by atoms with Crippen molar-refractivity contribution >= 4 is 28.5 Å². The van der Waals surface area contributed by atoms with Crippen LogP contribution in [0, 0.1) is 6.92 Å². The van der Waals surface area contributed by atoms with Gasteiger partial charge in [-0.05, 0) is 43.2 Å². The van der Waals surface area contributed by atoms with E-state index in [0.717, 1.165) is 23.2 Å². The lowest BCUT2D eigenvalue weighted by Gasteiger charge is -2.23. The summed E-state index contributed by atoms with van der Waals surface area (Å²) in [7, 11) is 0. The first-order chi connectivity index (χ1) is 11.1. The lowest BCUT2D eigenvalue weighted by atomic mass is 10.1. The topological polar surface area (TPSA) is 58.4 Å². The zero-order chi connectivity index (χ0) is 16.0. The van der Waals surface area contributed by atoms with Crippen molar-refractivity contribution in [2.45, 2.75) is 26.3 Å². The zero-order valence-corrected chi connectivity index (χ0v) is 13.0. The minimum absolute atomic E-state index is 0.123. The van der Waals surface area contributed by atoms with E-state index in [9.17, 15) is 4.79 Å². The second-order valence-electron chi connectivity index (χ2n) is 5.90. The predicted octanol–water partition coefficient (Wildman–Crippen LogP) is 4.12. The van der Waals surface area contributed by atoms with Crippen LogP contribution in [-0.2, 0) is 6.42 Å². The van der Waals surface area contributed by atoms with Gasteiger partial charge in [0.25, 0.3) is 0 Å². The van der Waals surface area contributed by atoms with E-state index in [1.807, 2.05) is 41.3 Å². The van der Waals surface area contributed by atoms with Crippen LogP contribution in [0.25, 0.3) is 11.1 Å². The second kappa shape index (κ2) is 5.12. The number of nitrogens with one attached hydrogen (secondary N) is 1. The van der Waals surface area contributed by atoms with E-state index in [0.29, 0.717) is 11.6 Å². The van der Waals surface area contributed by atoms with Crippen molar-refractivity contribution in [1.82, 2.24) is 4.98 Å². The van der Waals surface area contributed by atoms with E-state index in [1.54, 1.807) is 6.92 Å². The van der Waals surface area contributed by atoms with Crippen molar-refractivity contribution in [3.8, 4) is 0 Å². The Morgan fingerprint density at radius 2 is 2.13 bits per heavy atom. The summed E-state index contributed by atoms with van der Waals surface area (Å²) in [6.07, 6.45) is 0.880. The summed E-state index contributed by atoms with van der Waals surface area (Å²) < 4.78 is 5.46. The molecular formula is C18H17N3O2. The maximum Gasteiger partial charge on any atom is 0.326 e. The van der Waals surface area contributed by atoms with E-state index in [2.05, 4.69) is 23.3 Å². The van der Waals surface area contributed by atoms with Gasteiger partial charge in [-0.2, -0.15) is 0 Å². The van der Waals surface area contributed by atoms with Crippen molar-refractivity contribution in [2.24, 2.45) is 0 Å². The van der Waals surface area contributed by atoms with Crippen LogP contribution in [0.1, 0.15) is 18.4 Å². The van der Waals surface area contributed by atoms with Crippen LogP contribution in [0.2, 0.25) is 0 Å². The molecule has 0 fully saturated rings. The van der Waals surface area contributed by atoms with Gasteiger partial charge in [-0.25, -0.2) is 9.78 Å². The molecule has 0 bridgehead atoms. The summed E-state index contributed by atoms with van der Waals surface area (Å²) in [6.45, 7) is 3.87. The number of nitrogens with zero attached hydrogens (tertiary/aromatic N) is 2. The molecule has 0 unspecified atom stereocenters. The lowest BCUT2D eigenvalue weighted by molar-refractivity contribution is 0.256. The molecule has 0 radical (unpaired) electrons. The number of carbonyl (C=O) groups excluding carboxylic acids is 1. The Kier molecular flexibility index (Phi) is 3.08. The predicted molar refractivity (Wildman–Crippen MR) is 89.9 cm³/mol. The third kappa shape index (κ3) is 2.34. The Bertz CT molecular complexity index is 900. The van der Waals surface area contributed by atoms with Gasteiger partial charge in [-0.1, -0.05) is 18.2 Å². The van der Waals surface area contributed by atoms with Crippen LogP contribution in [0.5, 0.6) is 0 Å². The van der Waals surface area contributed by atoms with Crippen LogP contribution in [-0.4, -0.2) is 17.1 Å². The normalized spacial score (nSPS) is 16.6. The molecule has 1 aliphatic heterocycles. The molecule has 4 rings (SSSR count). The fourth-order valence-electron chi connectivity index (χ4n) is 3.18. The fraction of sp³-hybridized carbons (Fsp3) is 0.222. The molecule has 1 N–H and O–H groups in total. The number of carbonyl (C=O) groups is 1. The summed E-state index contributed by atoms with van der Waals surface area (Å²) in [5.41, 5.74) is 4.37. The van der Waals surface area contributed by atoms with E-state index in [1.165, 1.54) is 5.56 Å². The van der Waals surface area contributed by atoms with Crippen LogP contribution >= 0.6 is 0 Å². The molecule has 1 atom stereocenters. The monoisotopic (exact) mass is 307 g/mol. The number of para-hydroxylation sites is 1. The lowest BCUT2D eigenvalue weighted by Crippen LogP contribution is -2.39. The maximum absolute atomic E-state index is 12.7. The van der Waals surface area contributed by atoms with Crippen LogP contribution in [0.3, 0.4) is 0 Å². The van der Waals surface area contributed by atoms with E-state index >= 15 is 0 Å². The molecule has 2 heterocycles. The van der Waals surface area contributed by atoms with Gasteiger partial charge in [0.05, 0.1) is 0 Å². The summed E-state index contributed by atoms with van der Waals surface area (Å²) in [4.78, 5) is 18.8. The summed E-state index contributed by atoms with van der Waals surface area (Å²) in [6, 6.07) is 13.5. The number of hydrogen-bond donors (Lipinski definition) is 1. The van der Waals surface area contributed by atoms with Crippen molar-refractivity contribution in [3.05, 3.63) is 53.9 Å². The van der Waals surface area contributed by atoms with Gasteiger partial charge < -0.3 is 9.73 Å². The number of aromatic nitrogens is 1. The molecule has 1 aromatic heterocycles. The SMILES string of the molecule is Cc1nc2cc(NC(=O)N3c4ccccc4C[C@H]3C)ccc2o1. The minimum atomic E-state index is -0.123. The number of hydrogen-bond acceptors (Lipinski definition) is 3. The number of amides is 2. The van der Waals surface area contributed by atoms with Crippen LogP contribution < -0.4 is 10.2 Å². The summed E-state index contributed by atoms with van der Waals surface area (Å²) in [5.74, 6) is 0.616. The molecule has 2 aromatic carbocycles. The number of rotatable bonds is 1. The average Bonchev–Trinajstić information content (AvgIpc) is 3.04. The van der Waals surface area contributed by atoms with Crippen molar-refractivity contribution in [1.29, 1.82) is 0 Å². The van der Waals surface area contributed by atoms with Gasteiger partial charge in [-0.3, -0.25) is 4.90 Å². The van der Waals surface area contributed by atoms with Crippen LogP contribution in [0.4, 0.5) is 16.2 Å². The molecule has 2 amide bonds. The average molecular weight is 307 g/mol. The van der Waals surface area contributed by atoms with E-state index in [-0.39, 0.29) is 12.1 Å². The van der Waals surface area contributed by atoms with Gasteiger partial charge in [0.2, 0.25) is 0 Å². The molecule has 116 valence electrons. The molecule has 1 aliphatic rings. The summed E-state index contributed by atoms with van der Waals surface area (Å²) >= 11 is 0. The molecule has 5 heteroatoms. The maximum atomic E-state index is 12.7. The molecule has 0 aliphatic carbocycles. The quantitative estimate of drug-likeness (QED) is 0.735. The van der Waals surface area contributed by atoms with E-state index < -0.39 is 0 Å². The first-order valence-corrected chi connectivity index (χ1v) is 7.67. The number of anilines is 2. The Morgan fingerprint density at radius 3 is 3.00 bits per heavy atom. The highest BCUT2D eigenvalue weighted by atomic mass is 16.3. The molecule has 0 spiro atoms. The molecule has 23 heavy (non-hydrogen) atoms. The molecule has 0 saturated carbocycles. The fourth-order valence-corrected chi connectivity index (χ4v) is 3.18. The highest BCUT2D eigenvalue weighted by Crippen LogP contribution is 2.32. The Morgan fingerprint density at radius 1 is 1.30 bits per heavy atom. The molecule has 0 saturated heterocycles. The van der Waals surface area contributed by atoms with Gasteiger partial charge in [0.1, 0.15) is 5.52 Å². The van der Waals surface area contributed by atoms with Crippen molar-refractivity contribution < 1.29 is 9.21 Å². The number of aryl methyl sites for hydroxylation is 1. The standard InChI is InChI=1S/C18H17N3O2/c1-11-9-13-5-3-4-6-16(13)21(11)18(22)20-14-7-8-17-15(10-14)19-12(2)23-17/h3-8,10-11H,9H2,1-2H3,(H,20,22)/t11-/m1/s1. The number of benzene rings is 2. The molecule has 3 aromatic rings. The third-order valence-corrected chi connectivity index (χ3v) is 4.17. The van der Waals surface area contributed by atoms with E-state index in [4.69, 9.17) is 4.42 Å². The van der Waals surface area contributed by atoms with Gasteiger partial charge >= 0.3 is 6.03 Å². The largest absolute Gasteiger partial charge is 0.441 e. The van der Waals surface area contributed by atoms with Crippen LogP contribution in [0.15, 0.2) is 46.9 Å². The highest BCUT2D eigenvalue weighted by Gasteiger charge is 2.30. The smallest absolute Gasteiger partial charge is 0.326 e. The van der Waals surface area contributed by atoms with Gasteiger partial charge in [-0.15, -0.1) is 0 Å². The third-order valence-electron chi connectivity index (χ3n) is 4.17. The molecule has 5 nitrogen and oxygen atoms in total.